The first-order chi connectivity index (χ1) is 3.93. The van der Waals surface area contributed by atoms with Gasteiger partial charge in [0.05, 0.1) is 0 Å². The quantitative estimate of drug-likeness (QED) is 0.315. The lowest BCUT2D eigenvalue weighted by molar-refractivity contribution is -0.254. The topological polar surface area (TPSA) is 29.5 Å². The predicted octanol–water partition coefficient (Wildman–Crippen LogP) is 1.36. The van der Waals surface area contributed by atoms with Gasteiger partial charge in [-0.1, -0.05) is 24.3 Å². The summed E-state index contributed by atoms with van der Waals surface area (Å²) in [6.45, 7) is 0. The maximum absolute atomic E-state index is 8.09. The fraction of sp³-hybridized carbons (Fsp3) is 0.333. The highest BCUT2D eigenvalue weighted by atomic mass is 17.1. The number of allylic oxidation sites excluding steroid dienone is 2. The summed E-state index contributed by atoms with van der Waals surface area (Å²) >= 11 is 0. The van der Waals surface area contributed by atoms with Crippen molar-refractivity contribution in [2.45, 2.75) is 12.5 Å². The van der Waals surface area contributed by atoms with Crippen LogP contribution >= 0.6 is 0 Å². The lowest BCUT2D eigenvalue weighted by Gasteiger charge is -2.04. The van der Waals surface area contributed by atoms with Crippen molar-refractivity contribution in [3.63, 3.8) is 0 Å². The van der Waals surface area contributed by atoms with Crippen molar-refractivity contribution in [1.82, 2.24) is 0 Å². The Morgan fingerprint density at radius 2 is 2.00 bits per heavy atom. The zero-order valence-electron chi connectivity index (χ0n) is 4.45. The predicted molar refractivity (Wildman–Crippen MR) is 30.4 cm³/mol. The molecule has 0 heterocycles. The lowest BCUT2D eigenvalue weighted by Crippen LogP contribution is -2.03. The smallest absolute Gasteiger partial charge is 0.129 e. The van der Waals surface area contributed by atoms with Crippen molar-refractivity contribution >= 4 is 0 Å². The van der Waals surface area contributed by atoms with Crippen LogP contribution in [0.3, 0.4) is 0 Å². The summed E-state index contributed by atoms with van der Waals surface area (Å²) in [5, 5.41) is 8.09. The Balaban J connectivity index is 2.42. The molecular weight excluding hydrogens is 104 g/mol. The van der Waals surface area contributed by atoms with E-state index in [1.54, 1.807) is 12.2 Å². The molecule has 0 unspecified atom stereocenters. The standard InChI is InChI=1S/C6H8O2/c7-8-6-4-2-1-3-5-6/h2-7H,1H2. The van der Waals surface area contributed by atoms with Gasteiger partial charge in [-0.3, -0.25) is 5.26 Å². The molecule has 0 fully saturated rings. The van der Waals surface area contributed by atoms with Crippen molar-refractivity contribution in [3.8, 4) is 0 Å². The zero-order valence-corrected chi connectivity index (χ0v) is 4.45. The normalized spacial score (nSPS) is 19.6. The first kappa shape index (κ1) is 5.54. The van der Waals surface area contributed by atoms with Gasteiger partial charge in [-0.25, -0.2) is 4.89 Å². The van der Waals surface area contributed by atoms with Crippen LogP contribution in [-0.4, -0.2) is 11.4 Å². The molecule has 0 aliphatic heterocycles. The highest BCUT2D eigenvalue weighted by Gasteiger charge is 1.98. The molecular formula is C6H8O2. The van der Waals surface area contributed by atoms with E-state index in [1.807, 2.05) is 12.2 Å². The van der Waals surface area contributed by atoms with Gasteiger partial charge in [0.1, 0.15) is 6.10 Å². The molecule has 1 rings (SSSR count). The third-order valence-electron chi connectivity index (χ3n) is 1.05. The second kappa shape index (κ2) is 2.64. The molecule has 8 heavy (non-hydrogen) atoms. The first-order valence-electron chi connectivity index (χ1n) is 2.57. The minimum Gasteiger partial charge on any atom is -0.251 e. The molecule has 0 saturated carbocycles. The van der Waals surface area contributed by atoms with Gasteiger partial charge in [0.2, 0.25) is 0 Å². The molecule has 0 aromatic rings. The second-order valence-electron chi connectivity index (χ2n) is 1.66. The van der Waals surface area contributed by atoms with Crippen LogP contribution in [0.1, 0.15) is 6.42 Å². The molecule has 0 aromatic heterocycles. The molecule has 1 aliphatic carbocycles. The van der Waals surface area contributed by atoms with Crippen molar-refractivity contribution in [3.05, 3.63) is 24.3 Å². The zero-order chi connectivity index (χ0) is 5.82. The van der Waals surface area contributed by atoms with Crippen LogP contribution in [0, 0.1) is 0 Å². The van der Waals surface area contributed by atoms with E-state index in [9.17, 15) is 0 Å². The molecule has 0 bridgehead atoms. The van der Waals surface area contributed by atoms with E-state index in [0.717, 1.165) is 6.42 Å². The largest absolute Gasteiger partial charge is 0.251 e. The van der Waals surface area contributed by atoms with Crippen LogP contribution in [-0.2, 0) is 4.89 Å². The van der Waals surface area contributed by atoms with E-state index < -0.39 is 0 Å². The molecule has 0 spiro atoms. The van der Waals surface area contributed by atoms with E-state index in [1.165, 1.54) is 0 Å². The summed E-state index contributed by atoms with van der Waals surface area (Å²) in [5.41, 5.74) is 0. The minimum absolute atomic E-state index is 0.219. The highest BCUT2D eigenvalue weighted by Crippen LogP contribution is 2.02. The van der Waals surface area contributed by atoms with Crippen LogP contribution in [0.25, 0.3) is 0 Å². The van der Waals surface area contributed by atoms with E-state index >= 15 is 0 Å². The molecule has 0 radical (unpaired) electrons. The molecule has 2 nitrogen and oxygen atoms in total. The van der Waals surface area contributed by atoms with Crippen molar-refractivity contribution in [2.24, 2.45) is 0 Å². The monoisotopic (exact) mass is 112 g/mol. The number of hydrogen-bond donors (Lipinski definition) is 1. The Morgan fingerprint density at radius 1 is 1.38 bits per heavy atom. The van der Waals surface area contributed by atoms with Gasteiger partial charge >= 0.3 is 0 Å². The van der Waals surface area contributed by atoms with E-state index in [4.69, 9.17) is 5.26 Å². The molecule has 2 heteroatoms. The molecule has 1 aliphatic rings. The summed E-state index contributed by atoms with van der Waals surface area (Å²) in [7, 11) is 0. The van der Waals surface area contributed by atoms with Gasteiger partial charge in [-0.2, -0.15) is 0 Å². The van der Waals surface area contributed by atoms with Crippen LogP contribution in [0.15, 0.2) is 24.3 Å². The third kappa shape index (κ3) is 1.18. The van der Waals surface area contributed by atoms with Crippen LogP contribution < -0.4 is 0 Å². The van der Waals surface area contributed by atoms with Crippen LogP contribution in [0.2, 0.25) is 0 Å². The molecule has 0 aromatic carbocycles. The maximum atomic E-state index is 8.09. The second-order valence-corrected chi connectivity index (χ2v) is 1.66. The fourth-order valence-electron chi connectivity index (χ4n) is 0.638. The van der Waals surface area contributed by atoms with Crippen LogP contribution in [0.4, 0.5) is 0 Å². The van der Waals surface area contributed by atoms with Crippen molar-refractivity contribution in [2.75, 3.05) is 0 Å². The number of hydrogen-bond acceptors (Lipinski definition) is 2. The molecule has 0 atom stereocenters. The van der Waals surface area contributed by atoms with Crippen molar-refractivity contribution in [1.29, 1.82) is 0 Å². The van der Waals surface area contributed by atoms with E-state index in [-0.39, 0.29) is 6.10 Å². The maximum Gasteiger partial charge on any atom is 0.129 e. The highest BCUT2D eigenvalue weighted by molar-refractivity contribution is 5.09. The summed E-state index contributed by atoms with van der Waals surface area (Å²) in [5.74, 6) is 0. The van der Waals surface area contributed by atoms with Gasteiger partial charge in [0.25, 0.3) is 0 Å². The molecule has 44 valence electrons. The molecule has 1 N–H and O–H groups in total. The lowest BCUT2D eigenvalue weighted by atomic mass is 10.2. The Hall–Kier alpha value is -0.600. The van der Waals surface area contributed by atoms with E-state index in [2.05, 4.69) is 4.89 Å². The third-order valence-corrected chi connectivity index (χ3v) is 1.05. The minimum atomic E-state index is -0.219. The van der Waals surface area contributed by atoms with Crippen molar-refractivity contribution < 1.29 is 10.1 Å². The Labute approximate surface area is 48.0 Å². The van der Waals surface area contributed by atoms with Gasteiger partial charge in [0.15, 0.2) is 0 Å². The summed E-state index contributed by atoms with van der Waals surface area (Å²) in [6, 6.07) is 0. The fourth-order valence-corrected chi connectivity index (χ4v) is 0.638. The van der Waals surface area contributed by atoms with Gasteiger partial charge < -0.3 is 0 Å². The molecule has 0 saturated heterocycles. The SMILES string of the molecule is OOC1C=CCC=C1. The summed E-state index contributed by atoms with van der Waals surface area (Å²) in [4.78, 5) is 4.02. The Kier molecular flexibility index (Phi) is 1.83. The van der Waals surface area contributed by atoms with Crippen LogP contribution in [0.5, 0.6) is 0 Å². The van der Waals surface area contributed by atoms with Gasteiger partial charge in [-0.05, 0) is 6.42 Å². The van der Waals surface area contributed by atoms with E-state index in [0.29, 0.717) is 0 Å². The summed E-state index contributed by atoms with van der Waals surface area (Å²) < 4.78 is 0. The average Bonchev–Trinajstić information content (AvgIpc) is 1.90. The first-order valence-corrected chi connectivity index (χ1v) is 2.57. The van der Waals surface area contributed by atoms with Gasteiger partial charge in [-0.15, -0.1) is 0 Å². The number of rotatable bonds is 1. The van der Waals surface area contributed by atoms with Gasteiger partial charge in [0, 0.05) is 0 Å². The average molecular weight is 112 g/mol. The summed E-state index contributed by atoms with van der Waals surface area (Å²) in [6.07, 6.45) is 8.23. The Bertz CT molecular complexity index is 104. The Morgan fingerprint density at radius 3 is 2.38 bits per heavy atom. The molecule has 0 amide bonds.